The number of thiophene rings is 1. The van der Waals surface area contributed by atoms with Gasteiger partial charge in [0, 0.05) is 34.4 Å². The number of methoxy groups -OCH3 is 1. The van der Waals surface area contributed by atoms with Gasteiger partial charge in [-0.2, -0.15) is 0 Å². The van der Waals surface area contributed by atoms with Crippen LogP contribution >= 0.6 is 11.3 Å². The number of carbonyl (C=O) groups excluding carboxylic acids is 1. The van der Waals surface area contributed by atoms with Crippen LogP contribution in [0.2, 0.25) is 0 Å². The van der Waals surface area contributed by atoms with Crippen molar-refractivity contribution >= 4 is 28.1 Å². The van der Waals surface area contributed by atoms with Crippen LogP contribution in [0.25, 0.3) is 22.2 Å². The molecule has 5 heteroatoms. The van der Waals surface area contributed by atoms with E-state index in [1.807, 2.05) is 18.2 Å². The first-order valence-electron chi connectivity index (χ1n) is 10.8. The van der Waals surface area contributed by atoms with Gasteiger partial charge in [-0.15, -0.1) is 11.3 Å². The lowest BCUT2D eigenvalue weighted by Crippen LogP contribution is -2.38. The number of aromatic amines is 1. The molecule has 0 bridgehead atoms. The van der Waals surface area contributed by atoms with Crippen molar-refractivity contribution in [1.29, 1.82) is 0 Å². The quantitative estimate of drug-likeness (QED) is 0.423. The SMILES string of the molecule is COc1ccc(-c2[nH]c3ccccc3c2CCC(=O)N2CCc3sccc3[C@H]2C)cc1. The van der Waals surface area contributed by atoms with Crippen molar-refractivity contribution in [3.8, 4) is 17.0 Å². The molecular formula is C26H26N2O2S. The first-order valence-corrected chi connectivity index (χ1v) is 11.6. The lowest BCUT2D eigenvalue weighted by molar-refractivity contribution is -0.133. The minimum absolute atomic E-state index is 0.159. The number of para-hydroxylation sites is 1. The van der Waals surface area contributed by atoms with Crippen LogP contribution in [0.15, 0.2) is 60.0 Å². The molecule has 158 valence electrons. The fourth-order valence-corrected chi connectivity index (χ4v) is 5.65. The third-order valence-corrected chi connectivity index (χ3v) is 7.38. The summed E-state index contributed by atoms with van der Waals surface area (Å²) in [4.78, 5) is 20.3. The number of hydrogen-bond acceptors (Lipinski definition) is 3. The van der Waals surface area contributed by atoms with Gasteiger partial charge in [-0.05, 0) is 78.2 Å². The first kappa shape index (κ1) is 19.9. The molecule has 1 N–H and O–H groups in total. The highest BCUT2D eigenvalue weighted by Crippen LogP contribution is 2.35. The van der Waals surface area contributed by atoms with Crippen molar-refractivity contribution < 1.29 is 9.53 Å². The Balaban J connectivity index is 1.41. The third kappa shape index (κ3) is 3.63. The zero-order valence-corrected chi connectivity index (χ0v) is 18.7. The van der Waals surface area contributed by atoms with Crippen LogP contribution in [0.5, 0.6) is 5.75 Å². The largest absolute Gasteiger partial charge is 0.497 e. The van der Waals surface area contributed by atoms with Crippen molar-refractivity contribution in [1.82, 2.24) is 9.88 Å². The zero-order valence-electron chi connectivity index (χ0n) is 17.9. The molecule has 0 aliphatic carbocycles. The molecule has 31 heavy (non-hydrogen) atoms. The number of benzene rings is 2. The Morgan fingerprint density at radius 2 is 1.97 bits per heavy atom. The topological polar surface area (TPSA) is 45.3 Å². The number of carbonyl (C=O) groups is 1. The van der Waals surface area contributed by atoms with E-state index in [1.165, 1.54) is 21.4 Å². The number of aryl methyl sites for hydroxylation is 1. The van der Waals surface area contributed by atoms with Crippen LogP contribution in [-0.2, 0) is 17.6 Å². The summed E-state index contributed by atoms with van der Waals surface area (Å²) >= 11 is 1.81. The Hall–Kier alpha value is -3.05. The van der Waals surface area contributed by atoms with Crippen LogP contribution < -0.4 is 4.74 Å². The summed E-state index contributed by atoms with van der Waals surface area (Å²) in [6, 6.07) is 18.8. The van der Waals surface area contributed by atoms with Gasteiger partial charge in [0.1, 0.15) is 5.75 Å². The van der Waals surface area contributed by atoms with Crippen molar-refractivity contribution in [3.05, 3.63) is 76.0 Å². The monoisotopic (exact) mass is 430 g/mol. The molecule has 0 unspecified atom stereocenters. The molecule has 4 nitrogen and oxygen atoms in total. The van der Waals surface area contributed by atoms with E-state index < -0.39 is 0 Å². The normalized spacial score (nSPS) is 15.8. The van der Waals surface area contributed by atoms with Crippen molar-refractivity contribution in [2.24, 2.45) is 0 Å². The summed E-state index contributed by atoms with van der Waals surface area (Å²) in [5, 5.41) is 3.33. The van der Waals surface area contributed by atoms with E-state index >= 15 is 0 Å². The van der Waals surface area contributed by atoms with Gasteiger partial charge in [-0.1, -0.05) is 18.2 Å². The zero-order chi connectivity index (χ0) is 21.4. The summed E-state index contributed by atoms with van der Waals surface area (Å²) in [6.45, 7) is 2.96. The average Bonchev–Trinajstić information content (AvgIpc) is 3.43. The van der Waals surface area contributed by atoms with Gasteiger partial charge in [0.15, 0.2) is 0 Å². The fourth-order valence-electron chi connectivity index (χ4n) is 4.69. The van der Waals surface area contributed by atoms with E-state index in [2.05, 4.69) is 58.6 Å². The molecule has 1 atom stereocenters. The molecule has 2 aromatic carbocycles. The van der Waals surface area contributed by atoms with E-state index in [9.17, 15) is 4.79 Å². The number of nitrogens with zero attached hydrogens (tertiary/aromatic N) is 1. The number of aromatic nitrogens is 1. The lowest BCUT2D eigenvalue weighted by atomic mass is 9.98. The smallest absolute Gasteiger partial charge is 0.223 e. The number of amides is 1. The van der Waals surface area contributed by atoms with E-state index in [0.29, 0.717) is 12.8 Å². The second-order valence-corrected chi connectivity index (χ2v) is 9.07. The Morgan fingerprint density at radius 3 is 2.77 bits per heavy atom. The second-order valence-electron chi connectivity index (χ2n) is 8.06. The van der Waals surface area contributed by atoms with Crippen molar-refractivity contribution in [2.45, 2.75) is 32.2 Å². The van der Waals surface area contributed by atoms with E-state index in [1.54, 1.807) is 18.4 Å². The van der Waals surface area contributed by atoms with Gasteiger partial charge in [-0.25, -0.2) is 0 Å². The van der Waals surface area contributed by atoms with E-state index in [-0.39, 0.29) is 11.9 Å². The summed E-state index contributed by atoms with van der Waals surface area (Å²) in [6.07, 6.45) is 2.19. The lowest BCUT2D eigenvalue weighted by Gasteiger charge is -2.33. The number of ether oxygens (including phenoxy) is 1. The second kappa shape index (κ2) is 8.23. The Bertz CT molecular complexity index is 1220. The van der Waals surface area contributed by atoms with Gasteiger partial charge in [0.2, 0.25) is 5.91 Å². The predicted octanol–water partition coefficient (Wildman–Crippen LogP) is 5.98. The molecule has 0 radical (unpaired) electrons. The number of fused-ring (bicyclic) bond motifs is 2. The minimum Gasteiger partial charge on any atom is -0.497 e. The summed E-state index contributed by atoms with van der Waals surface area (Å²) < 4.78 is 5.31. The molecule has 0 saturated heterocycles. The molecule has 1 aliphatic heterocycles. The Labute approximate surface area is 186 Å². The molecule has 0 saturated carbocycles. The molecule has 1 amide bonds. The summed E-state index contributed by atoms with van der Waals surface area (Å²) in [5.74, 6) is 1.07. The summed E-state index contributed by atoms with van der Waals surface area (Å²) in [7, 11) is 1.68. The molecule has 2 aromatic heterocycles. The highest BCUT2D eigenvalue weighted by molar-refractivity contribution is 7.10. The standard InChI is InChI=1S/C26H26N2O2S/c1-17-20-14-16-31-24(20)13-15-28(17)25(29)12-11-22-21-5-3-4-6-23(21)27-26(22)18-7-9-19(30-2)10-8-18/h3-10,14,16-17,27H,11-13,15H2,1-2H3/t17-/m1/s1. The minimum atomic E-state index is 0.159. The van der Waals surface area contributed by atoms with Crippen LogP contribution in [-0.4, -0.2) is 29.4 Å². The van der Waals surface area contributed by atoms with Crippen LogP contribution in [0.3, 0.4) is 0 Å². The van der Waals surface area contributed by atoms with Gasteiger partial charge >= 0.3 is 0 Å². The molecule has 5 rings (SSSR count). The average molecular weight is 431 g/mol. The number of H-pyrrole nitrogens is 1. The molecule has 0 spiro atoms. The summed E-state index contributed by atoms with van der Waals surface area (Å²) in [5.41, 5.74) is 5.81. The maximum atomic E-state index is 13.2. The Morgan fingerprint density at radius 1 is 1.16 bits per heavy atom. The van der Waals surface area contributed by atoms with Crippen molar-refractivity contribution in [3.63, 3.8) is 0 Å². The van der Waals surface area contributed by atoms with Crippen molar-refractivity contribution in [2.75, 3.05) is 13.7 Å². The van der Waals surface area contributed by atoms with Gasteiger partial charge in [0.05, 0.1) is 13.2 Å². The Kier molecular flexibility index (Phi) is 5.28. The van der Waals surface area contributed by atoms with Gasteiger partial charge in [-0.3, -0.25) is 4.79 Å². The molecule has 3 heterocycles. The van der Waals surface area contributed by atoms with Crippen LogP contribution in [0.1, 0.15) is 35.4 Å². The van der Waals surface area contributed by atoms with E-state index in [0.717, 1.165) is 35.5 Å². The molecule has 0 fully saturated rings. The maximum absolute atomic E-state index is 13.2. The first-order chi connectivity index (χ1) is 15.2. The maximum Gasteiger partial charge on any atom is 0.223 e. The van der Waals surface area contributed by atoms with Gasteiger partial charge < -0.3 is 14.6 Å². The number of rotatable bonds is 5. The fraction of sp³-hybridized carbons (Fsp3) is 0.269. The van der Waals surface area contributed by atoms with Gasteiger partial charge in [0.25, 0.3) is 0 Å². The van der Waals surface area contributed by atoms with E-state index in [4.69, 9.17) is 4.74 Å². The third-order valence-electron chi connectivity index (χ3n) is 6.38. The molecular weight excluding hydrogens is 404 g/mol. The predicted molar refractivity (Wildman–Crippen MR) is 127 cm³/mol. The molecule has 1 aliphatic rings. The highest BCUT2D eigenvalue weighted by atomic mass is 32.1. The van der Waals surface area contributed by atoms with Crippen LogP contribution in [0.4, 0.5) is 0 Å². The van der Waals surface area contributed by atoms with Crippen LogP contribution in [0, 0.1) is 0 Å². The molecule has 4 aromatic rings. The number of nitrogens with one attached hydrogen (secondary N) is 1. The number of hydrogen-bond donors (Lipinski definition) is 1. The highest BCUT2D eigenvalue weighted by Gasteiger charge is 2.28.